The molecular weight excluding hydrogens is 320 g/mol. The fourth-order valence-corrected chi connectivity index (χ4v) is 3.78. The number of benzene rings is 1. The van der Waals surface area contributed by atoms with Gasteiger partial charge in [0.05, 0.1) is 29.0 Å². The second kappa shape index (κ2) is 8.01. The molecule has 0 radical (unpaired) electrons. The topological polar surface area (TPSA) is 74.6 Å². The Morgan fingerprint density at radius 3 is 2.29 bits per heavy atom. The first-order valence-electron chi connectivity index (χ1n) is 7.75. The lowest BCUT2D eigenvalue weighted by molar-refractivity contribution is 0.173. The van der Waals surface area contributed by atoms with Gasteiger partial charge in [0.2, 0.25) is 0 Å². The number of methoxy groups -OCH3 is 1. The van der Waals surface area contributed by atoms with Gasteiger partial charge in [0, 0.05) is 18.6 Å². The van der Waals surface area contributed by atoms with Crippen LogP contribution >= 0.6 is 11.8 Å². The summed E-state index contributed by atoms with van der Waals surface area (Å²) in [6.45, 7) is 7.52. The van der Waals surface area contributed by atoms with Crippen molar-refractivity contribution >= 4 is 11.8 Å². The van der Waals surface area contributed by atoms with E-state index >= 15 is 0 Å². The highest BCUT2D eigenvalue weighted by Gasteiger charge is 2.20. The van der Waals surface area contributed by atoms with Gasteiger partial charge >= 0.3 is 0 Å². The van der Waals surface area contributed by atoms with Crippen molar-refractivity contribution in [3.8, 4) is 12.1 Å². The van der Waals surface area contributed by atoms with Crippen LogP contribution in [0.5, 0.6) is 0 Å². The van der Waals surface area contributed by atoms with Crippen LogP contribution in [0.3, 0.4) is 0 Å². The van der Waals surface area contributed by atoms with Crippen molar-refractivity contribution in [3.63, 3.8) is 0 Å². The van der Waals surface area contributed by atoms with E-state index in [2.05, 4.69) is 37.5 Å². The van der Waals surface area contributed by atoms with Gasteiger partial charge in [0.15, 0.2) is 0 Å². The molecule has 2 rings (SSSR count). The van der Waals surface area contributed by atoms with Crippen molar-refractivity contribution in [1.29, 1.82) is 10.5 Å². The summed E-state index contributed by atoms with van der Waals surface area (Å²) in [7, 11) is 1.66. The lowest BCUT2D eigenvalue weighted by Gasteiger charge is -2.11. The molecule has 0 N–H and O–H groups in total. The van der Waals surface area contributed by atoms with E-state index in [1.54, 1.807) is 37.1 Å². The molecule has 0 spiro atoms. The highest BCUT2D eigenvalue weighted by Crippen LogP contribution is 2.35. The number of ether oxygens (including phenoxy) is 1. The number of nitrogens with zero attached hydrogens (tertiary/aromatic N) is 4. The lowest BCUT2D eigenvalue weighted by Crippen LogP contribution is -2.04. The van der Waals surface area contributed by atoms with Crippen LogP contribution in [-0.4, -0.2) is 16.7 Å². The highest BCUT2D eigenvalue weighted by atomic mass is 32.2. The molecule has 0 saturated carbocycles. The van der Waals surface area contributed by atoms with E-state index in [9.17, 15) is 0 Å². The van der Waals surface area contributed by atoms with Gasteiger partial charge in [0.1, 0.15) is 17.5 Å². The third-order valence-electron chi connectivity index (χ3n) is 3.54. The van der Waals surface area contributed by atoms with E-state index in [0.717, 1.165) is 28.0 Å². The predicted octanol–water partition coefficient (Wildman–Crippen LogP) is 4.07. The summed E-state index contributed by atoms with van der Waals surface area (Å²) in [5, 5.41) is 19.4. The second-order valence-electron chi connectivity index (χ2n) is 5.62. The van der Waals surface area contributed by atoms with Gasteiger partial charge in [-0.2, -0.15) is 10.5 Å². The summed E-state index contributed by atoms with van der Waals surface area (Å²) in [4.78, 5) is 5.61. The summed E-state index contributed by atoms with van der Waals surface area (Å²) in [6.07, 6.45) is 0. The van der Waals surface area contributed by atoms with E-state index < -0.39 is 0 Å². The smallest absolute Gasteiger partial charge is 0.135 e. The predicted molar refractivity (Wildman–Crippen MR) is 92.7 cm³/mol. The number of imidazole rings is 1. The Morgan fingerprint density at radius 1 is 1.21 bits per heavy atom. The van der Waals surface area contributed by atoms with Crippen molar-refractivity contribution in [1.82, 2.24) is 9.55 Å². The fourth-order valence-electron chi connectivity index (χ4n) is 2.45. The largest absolute Gasteiger partial charge is 0.377 e. The molecule has 0 aliphatic heterocycles. The van der Waals surface area contributed by atoms with Crippen LogP contribution in [0.2, 0.25) is 0 Å². The molecule has 1 aromatic carbocycles. The molecule has 0 unspecified atom stereocenters. The first-order valence-corrected chi connectivity index (χ1v) is 8.57. The second-order valence-corrected chi connectivity index (χ2v) is 6.68. The Morgan fingerprint density at radius 2 is 1.83 bits per heavy atom. The molecule has 1 heterocycles. The Bertz CT molecular complexity index is 779. The first kappa shape index (κ1) is 18.1. The Kier molecular flexibility index (Phi) is 6.03. The number of aromatic nitrogens is 2. The van der Waals surface area contributed by atoms with Crippen LogP contribution in [0.15, 0.2) is 28.1 Å². The zero-order valence-electron chi connectivity index (χ0n) is 14.3. The molecule has 6 heteroatoms. The normalized spacial score (nSPS) is 10.6. The molecule has 0 fully saturated rings. The molecule has 0 amide bonds. The van der Waals surface area contributed by atoms with E-state index in [4.69, 9.17) is 20.2 Å². The zero-order valence-corrected chi connectivity index (χ0v) is 15.1. The van der Waals surface area contributed by atoms with Gasteiger partial charge in [0.25, 0.3) is 0 Å². The molecule has 1 aromatic heterocycles. The average molecular weight is 340 g/mol. The molecule has 24 heavy (non-hydrogen) atoms. The molecular formula is C18H20N4OS. The van der Waals surface area contributed by atoms with Crippen molar-refractivity contribution in [2.24, 2.45) is 0 Å². The van der Waals surface area contributed by atoms with Gasteiger partial charge in [-0.25, -0.2) is 4.98 Å². The van der Waals surface area contributed by atoms with Crippen molar-refractivity contribution in [2.45, 2.75) is 49.8 Å². The van der Waals surface area contributed by atoms with Gasteiger partial charge in [-0.05, 0) is 31.0 Å². The maximum atomic E-state index is 9.16. The number of hydrogen-bond acceptors (Lipinski definition) is 5. The number of rotatable bonds is 6. The first-order chi connectivity index (χ1) is 11.5. The van der Waals surface area contributed by atoms with E-state index in [1.807, 2.05) is 0 Å². The van der Waals surface area contributed by atoms with Crippen molar-refractivity contribution < 1.29 is 4.74 Å². The molecule has 0 aliphatic carbocycles. The van der Waals surface area contributed by atoms with Gasteiger partial charge < -0.3 is 9.30 Å². The molecule has 0 bridgehead atoms. The summed E-state index contributed by atoms with van der Waals surface area (Å²) in [5.74, 6) is 1.16. The molecule has 124 valence electrons. The third kappa shape index (κ3) is 3.79. The lowest BCUT2D eigenvalue weighted by atomic mass is 10.1. The number of hydrogen-bond donors (Lipinski definition) is 0. The van der Waals surface area contributed by atoms with E-state index in [-0.39, 0.29) is 5.92 Å². The average Bonchev–Trinajstić information content (AvgIpc) is 2.92. The fraction of sp³-hybridized carbons (Fsp3) is 0.389. The third-order valence-corrected chi connectivity index (χ3v) is 4.64. The molecule has 5 nitrogen and oxygen atoms in total. The van der Waals surface area contributed by atoms with Crippen LogP contribution in [0.1, 0.15) is 49.3 Å². The standard InChI is InChI=1S/C18H20N4OS/c1-5-22-16(11-23-4)21-17(12(2)3)18(22)24-15-7-13(9-19)6-14(8-15)10-20/h6-8,12H,5,11H2,1-4H3. The minimum Gasteiger partial charge on any atom is -0.377 e. The van der Waals surface area contributed by atoms with Crippen molar-refractivity contribution in [2.75, 3.05) is 7.11 Å². The quantitative estimate of drug-likeness (QED) is 0.792. The summed E-state index contributed by atoms with van der Waals surface area (Å²) in [6, 6.07) is 9.43. The van der Waals surface area contributed by atoms with E-state index in [0.29, 0.717) is 17.7 Å². The Hall–Kier alpha value is -2.28. The SMILES string of the molecule is CCn1c(COC)nc(C(C)C)c1Sc1cc(C#N)cc(C#N)c1. The number of nitriles is 2. The summed E-state index contributed by atoms with van der Waals surface area (Å²) >= 11 is 1.54. The Labute approximate surface area is 146 Å². The summed E-state index contributed by atoms with van der Waals surface area (Å²) in [5.41, 5.74) is 1.99. The monoisotopic (exact) mass is 340 g/mol. The van der Waals surface area contributed by atoms with Crippen LogP contribution in [0.4, 0.5) is 0 Å². The van der Waals surface area contributed by atoms with Crippen LogP contribution in [0, 0.1) is 22.7 Å². The zero-order chi connectivity index (χ0) is 17.7. The maximum absolute atomic E-state index is 9.16. The minimum atomic E-state index is 0.269. The molecule has 0 aliphatic rings. The molecule has 0 saturated heterocycles. The molecule has 2 aromatic rings. The van der Waals surface area contributed by atoms with Gasteiger partial charge in [-0.15, -0.1) is 0 Å². The van der Waals surface area contributed by atoms with Crippen LogP contribution in [-0.2, 0) is 17.9 Å². The highest BCUT2D eigenvalue weighted by molar-refractivity contribution is 7.99. The van der Waals surface area contributed by atoms with Gasteiger partial charge in [-0.1, -0.05) is 25.6 Å². The van der Waals surface area contributed by atoms with E-state index in [1.165, 1.54) is 0 Å². The molecule has 0 atom stereocenters. The van der Waals surface area contributed by atoms with Crippen molar-refractivity contribution in [3.05, 3.63) is 40.8 Å². The van der Waals surface area contributed by atoms with Crippen LogP contribution < -0.4 is 0 Å². The Balaban J connectivity index is 2.53. The maximum Gasteiger partial charge on any atom is 0.135 e. The van der Waals surface area contributed by atoms with Crippen LogP contribution in [0.25, 0.3) is 0 Å². The van der Waals surface area contributed by atoms with Gasteiger partial charge in [-0.3, -0.25) is 0 Å². The summed E-state index contributed by atoms with van der Waals surface area (Å²) < 4.78 is 7.40. The minimum absolute atomic E-state index is 0.269.